The summed E-state index contributed by atoms with van der Waals surface area (Å²) in [5.74, 6) is 0.375. The molecular weight excluding hydrogens is 290 g/mol. The minimum atomic E-state index is -0.170. The first kappa shape index (κ1) is 14.2. The molecule has 1 aromatic rings. The first-order valence-corrected chi connectivity index (χ1v) is 7.59. The minimum Gasteiger partial charge on any atom is -0.353 e. The molecule has 1 unspecified atom stereocenters. The number of nitrogens with one attached hydrogen (secondary N) is 2. The maximum atomic E-state index is 12.3. The van der Waals surface area contributed by atoms with Crippen LogP contribution < -0.4 is 10.6 Å². The van der Waals surface area contributed by atoms with Gasteiger partial charge in [-0.05, 0) is 36.5 Å². The van der Waals surface area contributed by atoms with Crippen molar-refractivity contribution in [3.8, 4) is 0 Å². The topological polar surface area (TPSA) is 61.4 Å². The van der Waals surface area contributed by atoms with Gasteiger partial charge in [0.25, 0.3) is 0 Å². The van der Waals surface area contributed by atoms with Crippen molar-refractivity contribution in [2.75, 3.05) is 19.6 Å². The van der Waals surface area contributed by atoms with Gasteiger partial charge in [0.2, 0.25) is 5.91 Å². The number of carbonyl (C=O) groups excluding carboxylic acids is 2. The first-order valence-electron chi connectivity index (χ1n) is 7.21. The highest BCUT2D eigenvalue weighted by molar-refractivity contribution is 6.30. The average molecular weight is 308 g/mol. The number of carbonyl (C=O) groups is 2. The summed E-state index contributed by atoms with van der Waals surface area (Å²) < 4.78 is 0. The maximum absolute atomic E-state index is 12.3. The highest BCUT2D eigenvalue weighted by Crippen LogP contribution is 2.41. The molecule has 0 bridgehead atoms. The van der Waals surface area contributed by atoms with Crippen molar-refractivity contribution < 1.29 is 9.59 Å². The Morgan fingerprint density at radius 3 is 2.67 bits per heavy atom. The van der Waals surface area contributed by atoms with Crippen LogP contribution in [-0.4, -0.2) is 36.5 Å². The molecule has 3 amide bonds. The maximum Gasteiger partial charge on any atom is 0.318 e. The second kappa shape index (κ2) is 5.93. The Morgan fingerprint density at radius 2 is 2.05 bits per heavy atom. The van der Waals surface area contributed by atoms with Gasteiger partial charge in [0, 0.05) is 18.1 Å². The molecule has 0 spiro atoms. The first-order chi connectivity index (χ1) is 10.1. The van der Waals surface area contributed by atoms with Crippen molar-refractivity contribution in [2.45, 2.75) is 18.9 Å². The Balaban J connectivity index is 1.69. The number of piperazine rings is 1. The van der Waals surface area contributed by atoms with Crippen molar-refractivity contribution in [3.05, 3.63) is 34.9 Å². The Kier molecular flexibility index (Phi) is 4.01. The second-order valence-corrected chi connectivity index (χ2v) is 6.02. The third-order valence-corrected chi connectivity index (χ3v) is 4.18. The summed E-state index contributed by atoms with van der Waals surface area (Å²) in [4.78, 5) is 25.3. The molecule has 0 radical (unpaired) electrons. The average Bonchev–Trinajstić information content (AvgIpc) is 3.30. The predicted molar refractivity (Wildman–Crippen MR) is 80.0 cm³/mol. The Labute approximate surface area is 128 Å². The van der Waals surface area contributed by atoms with Crippen LogP contribution in [0.15, 0.2) is 24.3 Å². The Morgan fingerprint density at radius 1 is 1.33 bits per heavy atom. The summed E-state index contributed by atoms with van der Waals surface area (Å²) in [6.07, 6.45) is 2.24. The molecule has 112 valence electrons. The standard InChI is InChI=1S/C15H18ClN3O2/c16-12-5-3-11(4-6-12)14(10-1-2-10)18-15(21)19-8-7-17-13(20)9-19/h3-6,10,14H,1-2,7-9H2,(H,17,20)(H,18,21). The second-order valence-electron chi connectivity index (χ2n) is 5.59. The van der Waals surface area contributed by atoms with Crippen molar-refractivity contribution in [1.29, 1.82) is 0 Å². The number of urea groups is 1. The van der Waals surface area contributed by atoms with Crippen LogP contribution in [0.4, 0.5) is 4.79 Å². The molecule has 1 atom stereocenters. The van der Waals surface area contributed by atoms with Gasteiger partial charge in [-0.15, -0.1) is 0 Å². The van der Waals surface area contributed by atoms with E-state index in [-0.39, 0.29) is 24.5 Å². The summed E-state index contributed by atoms with van der Waals surface area (Å²) in [6, 6.07) is 7.42. The van der Waals surface area contributed by atoms with E-state index in [0.29, 0.717) is 24.0 Å². The van der Waals surface area contributed by atoms with Crippen LogP contribution in [0.5, 0.6) is 0 Å². The largest absolute Gasteiger partial charge is 0.353 e. The molecule has 1 aliphatic heterocycles. The molecule has 1 aliphatic carbocycles. The molecule has 1 saturated carbocycles. The summed E-state index contributed by atoms with van der Waals surface area (Å²) >= 11 is 5.92. The molecule has 2 N–H and O–H groups in total. The van der Waals surface area contributed by atoms with E-state index in [2.05, 4.69) is 10.6 Å². The predicted octanol–water partition coefficient (Wildman–Crippen LogP) is 1.93. The van der Waals surface area contributed by atoms with Crippen LogP contribution in [0.1, 0.15) is 24.4 Å². The molecule has 2 aliphatic rings. The molecule has 6 heteroatoms. The SMILES string of the molecule is O=C1CN(C(=O)NC(c2ccc(Cl)cc2)C2CC2)CCN1. The zero-order chi connectivity index (χ0) is 14.8. The van der Waals surface area contributed by atoms with Crippen molar-refractivity contribution >= 4 is 23.5 Å². The van der Waals surface area contributed by atoms with Crippen molar-refractivity contribution in [1.82, 2.24) is 15.5 Å². The van der Waals surface area contributed by atoms with E-state index < -0.39 is 0 Å². The number of hydrogen-bond acceptors (Lipinski definition) is 2. The lowest BCUT2D eigenvalue weighted by Gasteiger charge is -2.29. The lowest BCUT2D eigenvalue weighted by molar-refractivity contribution is -0.123. The smallest absolute Gasteiger partial charge is 0.318 e. The third-order valence-electron chi connectivity index (χ3n) is 3.93. The molecule has 3 rings (SSSR count). The summed E-state index contributed by atoms with van der Waals surface area (Å²) in [6.45, 7) is 1.20. The number of amides is 3. The summed E-state index contributed by atoms with van der Waals surface area (Å²) in [5, 5.41) is 6.47. The van der Waals surface area contributed by atoms with Crippen LogP contribution in [0, 0.1) is 5.92 Å². The van der Waals surface area contributed by atoms with E-state index in [1.807, 2.05) is 24.3 Å². The molecule has 1 heterocycles. The highest BCUT2D eigenvalue weighted by Gasteiger charge is 2.34. The van der Waals surface area contributed by atoms with Gasteiger partial charge in [0.05, 0.1) is 6.04 Å². The fourth-order valence-corrected chi connectivity index (χ4v) is 2.74. The monoisotopic (exact) mass is 307 g/mol. The highest BCUT2D eigenvalue weighted by atomic mass is 35.5. The number of hydrogen-bond donors (Lipinski definition) is 2. The van der Waals surface area contributed by atoms with Gasteiger partial charge >= 0.3 is 6.03 Å². The van der Waals surface area contributed by atoms with Gasteiger partial charge in [-0.2, -0.15) is 0 Å². The third kappa shape index (κ3) is 3.47. The Bertz CT molecular complexity index is 542. The summed E-state index contributed by atoms with van der Waals surface area (Å²) in [5.41, 5.74) is 1.07. The molecule has 1 saturated heterocycles. The van der Waals surface area contributed by atoms with Crippen molar-refractivity contribution in [3.63, 3.8) is 0 Å². The van der Waals surface area contributed by atoms with Gasteiger partial charge in [-0.3, -0.25) is 4.79 Å². The van der Waals surface area contributed by atoms with Crippen LogP contribution >= 0.6 is 11.6 Å². The zero-order valence-corrected chi connectivity index (χ0v) is 12.4. The summed E-state index contributed by atoms with van der Waals surface area (Å²) in [7, 11) is 0. The lowest BCUT2D eigenvalue weighted by Crippen LogP contribution is -2.53. The zero-order valence-electron chi connectivity index (χ0n) is 11.6. The van der Waals surface area contributed by atoms with Gasteiger partial charge in [-0.25, -0.2) is 4.79 Å². The number of benzene rings is 1. The number of nitrogens with zero attached hydrogens (tertiary/aromatic N) is 1. The van der Waals surface area contributed by atoms with Gasteiger partial charge in [0.15, 0.2) is 0 Å². The van der Waals surface area contributed by atoms with Crippen LogP contribution in [0.25, 0.3) is 0 Å². The molecule has 5 nitrogen and oxygen atoms in total. The van der Waals surface area contributed by atoms with Crippen LogP contribution in [0.2, 0.25) is 5.02 Å². The molecule has 2 fully saturated rings. The van der Waals surface area contributed by atoms with E-state index in [9.17, 15) is 9.59 Å². The lowest BCUT2D eigenvalue weighted by atomic mass is 10.0. The molecule has 1 aromatic carbocycles. The quantitative estimate of drug-likeness (QED) is 0.896. The number of halogens is 1. The fraction of sp³-hybridized carbons (Fsp3) is 0.467. The molecule has 21 heavy (non-hydrogen) atoms. The normalized spacial score (nSPS) is 19.9. The van der Waals surface area contributed by atoms with Crippen molar-refractivity contribution in [2.24, 2.45) is 5.92 Å². The van der Waals surface area contributed by atoms with E-state index in [1.165, 1.54) is 0 Å². The fourth-order valence-electron chi connectivity index (χ4n) is 2.61. The van der Waals surface area contributed by atoms with Gasteiger partial charge in [0.1, 0.15) is 6.54 Å². The van der Waals surface area contributed by atoms with E-state index >= 15 is 0 Å². The number of rotatable bonds is 3. The minimum absolute atomic E-state index is 0.000227. The van der Waals surface area contributed by atoms with Gasteiger partial charge < -0.3 is 15.5 Å². The Hall–Kier alpha value is -1.75. The van der Waals surface area contributed by atoms with E-state index in [0.717, 1.165) is 18.4 Å². The van der Waals surface area contributed by atoms with E-state index in [1.54, 1.807) is 4.90 Å². The van der Waals surface area contributed by atoms with Gasteiger partial charge in [-0.1, -0.05) is 23.7 Å². The van der Waals surface area contributed by atoms with Crippen LogP contribution in [0.3, 0.4) is 0 Å². The van der Waals surface area contributed by atoms with E-state index in [4.69, 9.17) is 11.6 Å². The van der Waals surface area contributed by atoms with Crippen LogP contribution in [-0.2, 0) is 4.79 Å². The molecular formula is C15H18ClN3O2. The molecule has 0 aromatic heterocycles.